The lowest BCUT2D eigenvalue weighted by molar-refractivity contribution is -0.109. The van der Waals surface area contributed by atoms with Gasteiger partial charge in [0.25, 0.3) is 0 Å². The number of carbonyl (C=O) groups excluding carboxylic acids is 1. The van der Waals surface area contributed by atoms with Crippen molar-refractivity contribution in [1.82, 2.24) is 5.43 Å². The molecule has 0 aliphatic carbocycles. The Morgan fingerprint density at radius 1 is 1.25 bits per heavy atom. The number of hydrazine groups is 1. The lowest BCUT2D eigenvalue weighted by Crippen LogP contribution is -2.18. The van der Waals surface area contributed by atoms with Crippen LogP contribution in [0, 0.1) is 0 Å². The Kier molecular flexibility index (Phi) is 6.47. The van der Waals surface area contributed by atoms with Gasteiger partial charge in [-0.05, 0) is 12.1 Å². The molecule has 0 fully saturated rings. The Labute approximate surface area is 80.4 Å². The van der Waals surface area contributed by atoms with E-state index in [-0.39, 0.29) is 0 Å². The summed E-state index contributed by atoms with van der Waals surface area (Å²) in [6.45, 7) is 0. The van der Waals surface area contributed by atoms with Crippen LogP contribution in [0.1, 0.15) is 0 Å². The summed E-state index contributed by atoms with van der Waals surface area (Å²) in [5.41, 5.74) is 1.75. The van der Waals surface area contributed by atoms with Gasteiger partial charge in [-0.1, -0.05) is 35.3 Å². The summed E-state index contributed by atoms with van der Waals surface area (Å²) in [5, 5.41) is 1.21. The Balaban J connectivity index is 0.000000261. The number of amides is 1. The van der Waals surface area contributed by atoms with Crippen molar-refractivity contribution in [3.63, 3.8) is 0 Å². The lowest BCUT2D eigenvalue weighted by atomic mass is 10.4. The number of halogens is 2. The average molecular weight is 207 g/mol. The predicted molar refractivity (Wildman–Crippen MR) is 49.8 cm³/mol. The Bertz CT molecular complexity index is 222. The van der Waals surface area contributed by atoms with Gasteiger partial charge in [-0.15, -0.1) is 0 Å². The minimum atomic E-state index is 0.403. The molecule has 0 aliphatic rings. The third-order valence-electron chi connectivity index (χ3n) is 0.892. The van der Waals surface area contributed by atoms with Crippen LogP contribution in [0.4, 0.5) is 0 Å². The summed E-state index contributed by atoms with van der Waals surface area (Å²) in [6.07, 6.45) is 0.403. The molecule has 0 aliphatic heterocycles. The first-order valence-electron chi connectivity index (χ1n) is 3.02. The fraction of sp³-hybridized carbons (Fsp3) is 0. The van der Waals surface area contributed by atoms with E-state index in [4.69, 9.17) is 28.0 Å². The molecule has 3 N–H and O–H groups in total. The molecule has 0 radical (unpaired) electrons. The van der Waals surface area contributed by atoms with Crippen LogP contribution in [-0.2, 0) is 4.79 Å². The number of hydrogen-bond acceptors (Lipinski definition) is 2. The third-order valence-corrected chi connectivity index (χ3v) is 1.65. The summed E-state index contributed by atoms with van der Waals surface area (Å²) in [6, 6.07) is 7.19. The minimum absolute atomic E-state index is 0.403. The maximum Gasteiger partial charge on any atom is 0.221 e. The van der Waals surface area contributed by atoms with Crippen LogP contribution in [0.3, 0.4) is 0 Å². The molecule has 0 aromatic heterocycles. The van der Waals surface area contributed by atoms with Gasteiger partial charge in [0.1, 0.15) is 0 Å². The highest BCUT2D eigenvalue weighted by Gasteiger charge is 1.89. The average Bonchev–Trinajstić information content (AvgIpc) is 2.11. The second-order valence-electron chi connectivity index (χ2n) is 1.70. The van der Waals surface area contributed by atoms with Crippen LogP contribution in [0.25, 0.3) is 0 Å². The largest absolute Gasteiger partial charge is 0.297 e. The summed E-state index contributed by atoms with van der Waals surface area (Å²) in [4.78, 5) is 8.94. The van der Waals surface area contributed by atoms with Crippen LogP contribution < -0.4 is 11.3 Å². The molecule has 1 amide bonds. The molecule has 1 aromatic rings. The standard InChI is InChI=1S/C6H4Cl2.CH4N2O/c7-5-3-1-2-4-6(5)8;2-3-1-4/h1-4H;1H,2H2,(H,3,4). The van der Waals surface area contributed by atoms with E-state index >= 15 is 0 Å². The van der Waals surface area contributed by atoms with Crippen LogP contribution in [0.15, 0.2) is 24.3 Å². The van der Waals surface area contributed by atoms with Crippen molar-refractivity contribution in [1.29, 1.82) is 0 Å². The molecule has 3 nitrogen and oxygen atoms in total. The van der Waals surface area contributed by atoms with Crippen molar-refractivity contribution in [2.24, 2.45) is 5.84 Å². The second kappa shape index (κ2) is 6.91. The highest BCUT2D eigenvalue weighted by Crippen LogP contribution is 2.19. The molecule has 66 valence electrons. The number of rotatable bonds is 1. The quantitative estimate of drug-likeness (QED) is 0.318. The Morgan fingerprint density at radius 3 is 1.75 bits per heavy atom. The zero-order valence-electron chi connectivity index (χ0n) is 6.13. The van der Waals surface area contributed by atoms with Crippen LogP contribution >= 0.6 is 23.2 Å². The van der Waals surface area contributed by atoms with Crippen molar-refractivity contribution < 1.29 is 4.79 Å². The van der Waals surface area contributed by atoms with Gasteiger partial charge in [0.15, 0.2) is 0 Å². The SMILES string of the molecule is Clc1ccccc1Cl.NNC=O. The molecule has 0 spiro atoms. The van der Waals surface area contributed by atoms with Crippen molar-refractivity contribution in [3.8, 4) is 0 Å². The van der Waals surface area contributed by atoms with Crippen molar-refractivity contribution >= 4 is 29.6 Å². The Morgan fingerprint density at radius 2 is 1.58 bits per heavy atom. The third kappa shape index (κ3) is 4.96. The number of nitrogens with two attached hydrogens (primary N) is 1. The van der Waals surface area contributed by atoms with Crippen LogP contribution in [-0.4, -0.2) is 6.41 Å². The van der Waals surface area contributed by atoms with Gasteiger partial charge in [-0.25, -0.2) is 5.84 Å². The molecule has 0 atom stereocenters. The summed E-state index contributed by atoms with van der Waals surface area (Å²) >= 11 is 11.2. The van der Waals surface area contributed by atoms with E-state index in [2.05, 4.69) is 5.84 Å². The Hall–Kier alpha value is -0.770. The van der Waals surface area contributed by atoms with Crippen molar-refractivity contribution in [2.45, 2.75) is 0 Å². The lowest BCUT2D eigenvalue weighted by Gasteiger charge is -1.88. The van der Waals surface area contributed by atoms with Crippen molar-refractivity contribution in [3.05, 3.63) is 34.3 Å². The summed E-state index contributed by atoms with van der Waals surface area (Å²) in [7, 11) is 0. The monoisotopic (exact) mass is 206 g/mol. The van der Waals surface area contributed by atoms with Gasteiger partial charge in [-0.2, -0.15) is 0 Å². The van der Waals surface area contributed by atoms with Gasteiger partial charge < -0.3 is 0 Å². The number of benzene rings is 1. The van der Waals surface area contributed by atoms with E-state index in [9.17, 15) is 0 Å². The zero-order valence-corrected chi connectivity index (χ0v) is 7.64. The molecule has 1 rings (SSSR count). The van der Waals surface area contributed by atoms with Crippen molar-refractivity contribution in [2.75, 3.05) is 0 Å². The van der Waals surface area contributed by atoms with E-state index in [1.165, 1.54) is 0 Å². The number of nitrogens with one attached hydrogen (secondary N) is 1. The van der Waals surface area contributed by atoms with Gasteiger partial charge in [0.2, 0.25) is 6.41 Å². The molecule has 0 unspecified atom stereocenters. The fourth-order valence-electron chi connectivity index (χ4n) is 0.439. The van der Waals surface area contributed by atoms with E-state index in [0.717, 1.165) is 0 Å². The fourth-order valence-corrected chi connectivity index (χ4v) is 0.711. The highest BCUT2D eigenvalue weighted by molar-refractivity contribution is 6.41. The zero-order chi connectivity index (χ0) is 9.40. The smallest absolute Gasteiger partial charge is 0.221 e. The van der Waals surface area contributed by atoms with Gasteiger partial charge in [0.05, 0.1) is 10.0 Å². The molecular weight excluding hydrogens is 199 g/mol. The van der Waals surface area contributed by atoms with Crippen LogP contribution in [0.5, 0.6) is 0 Å². The van der Waals surface area contributed by atoms with E-state index in [1.54, 1.807) is 17.6 Å². The molecule has 12 heavy (non-hydrogen) atoms. The summed E-state index contributed by atoms with van der Waals surface area (Å²) < 4.78 is 0. The molecule has 0 bridgehead atoms. The maximum absolute atomic E-state index is 8.94. The van der Waals surface area contributed by atoms with Gasteiger partial charge >= 0.3 is 0 Å². The van der Waals surface area contributed by atoms with Gasteiger partial charge in [-0.3, -0.25) is 10.2 Å². The topological polar surface area (TPSA) is 55.1 Å². The highest BCUT2D eigenvalue weighted by atomic mass is 35.5. The molecule has 1 aromatic carbocycles. The minimum Gasteiger partial charge on any atom is -0.297 e. The summed E-state index contributed by atoms with van der Waals surface area (Å²) in [5.74, 6) is 4.41. The first-order chi connectivity index (χ1) is 5.72. The first kappa shape index (κ1) is 11.2. The maximum atomic E-state index is 8.94. The van der Waals surface area contributed by atoms with E-state index in [0.29, 0.717) is 16.5 Å². The predicted octanol–water partition coefficient (Wildman–Crippen LogP) is 1.60. The normalized spacial score (nSPS) is 7.92. The number of carbonyl (C=O) groups is 1. The van der Waals surface area contributed by atoms with Crippen LogP contribution in [0.2, 0.25) is 10.0 Å². The second-order valence-corrected chi connectivity index (χ2v) is 2.51. The molecule has 5 heteroatoms. The van der Waals surface area contributed by atoms with Gasteiger partial charge in [0, 0.05) is 0 Å². The molecule has 0 heterocycles. The van der Waals surface area contributed by atoms with E-state index < -0.39 is 0 Å². The first-order valence-corrected chi connectivity index (χ1v) is 3.77. The molecule has 0 saturated carbocycles. The van der Waals surface area contributed by atoms with E-state index in [1.807, 2.05) is 12.1 Å². The number of hydrogen-bond donors (Lipinski definition) is 2. The molecule has 0 saturated heterocycles. The molecular formula is C7H8Cl2N2O.